The largest absolute Gasteiger partial charge is 0.573 e. The summed E-state index contributed by atoms with van der Waals surface area (Å²) in [4.78, 5) is 11.5. The van der Waals surface area contributed by atoms with Gasteiger partial charge < -0.3 is 18.6 Å². The highest BCUT2D eigenvalue weighted by atomic mass is 19.4. The summed E-state index contributed by atoms with van der Waals surface area (Å²) in [5, 5.41) is 0.491. The summed E-state index contributed by atoms with van der Waals surface area (Å²) < 4.78 is 99.5. The summed E-state index contributed by atoms with van der Waals surface area (Å²) in [6.45, 7) is 4.88. The number of aryl methyl sites for hydroxylation is 1. The van der Waals surface area contributed by atoms with Crippen molar-refractivity contribution in [3.05, 3.63) is 60.2 Å². The van der Waals surface area contributed by atoms with Crippen LogP contribution < -0.4 is 9.47 Å². The van der Waals surface area contributed by atoms with E-state index in [1.54, 1.807) is 6.07 Å². The fraction of sp³-hybridized carbons (Fsp3) is 0.393. The van der Waals surface area contributed by atoms with Crippen LogP contribution in [0.2, 0.25) is 0 Å². The predicted octanol–water partition coefficient (Wildman–Crippen LogP) is 8.41. The predicted molar refractivity (Wildman–Crippen MR) is 132 cm³/mol. The fourth-order valence-electron chi connectivity index (χ4n) is 3.68. The van der Waals surface area contributed by atoms with E-state index < -0.39 is 43.4 Å². The Hall–Kier alpha value is -3.63. The van der Waals surface area contributed by atoms with Crippen LogP contribution >= 0.6 is 0 Å². The first-order valence-corrected chi connectivity index (χ1v) is 12.2. The molecule has 3 rings (SSSR count). The molecule has 0 fully saturated rings. The van der Waals surface area contributed by atoms with E-state index in [4.69, 9.17) is 9.15 Å². The Kier molecular flexibility index (Phi) is 9.58. The molecule has 0 N–H and O–H groups in total. The van der Waals surface area contributed by atoms with Crippen LogP contribution in [0.4, 0.5) is 26.3 Å². The van der Waals surface area contributed by atoms with E-state index in [1.165, 1.54) is 43.3 Å². The molecule has 212 valence electrons. The zero-order chi connectivity index (χ0) is 28.8. The second-order valence-electron chi connectivity index (χ2n) is 9.07. The highest BCUT2D eigenvalue weighted by molar-refractivity contribution is 5.87. The number of hydrogen-bond donors (Lipinski definition) is 0. The Labute approximate surface area is 221 Å². The number of alkyl halides is 6. The van der Waals surface area contributed by atoms with Gasteiger partial charge in [0.15, 0.2) is 0 Å². The first-order valence-electron chi connectivity index (χ1n) is 12.2. The fourth-order valence-corrected chi connectivity index (χ4v) is 3.68. The third kappa shape index (κ3) is 8.69. The van der Waals surface area contributed by atoms with E-state index in [0.717, 1.165) is 19.3 Å². The van der Waals surface area contributed by atoms with E-state index in [1.807, 2.05) is 6.92 Å². The Morgan fingerprint density at radius 1 is 1.00 bits per heavy atom. The number of carbonyl (C=O) groups is 1. The van der Waals surface area contributed by atoms with Gasteiger partial charge in [0.1, 0.15) is 42.0 Å². The van der Waals surface area contributed by atoms with Crippen LogP contribution in [0.15, 0.2) is 59.0 Å². The third-order valence-electron chi connectivity index (χ3n) is 5.78. The van der Waals surface area contributed by atoms with Gasteiger partial charge in [-0.3, -0.25) is 0 Å². The molecule has 0 bridgehead atoms. The molecule has 1 unspecified atom stereocenters. The zero-order valence-electron chi connectivity index (χ0n) is 21.4. The Bertz CT molecular complexity index is 1290. The SMILES string of the molecule is C=C(C)C(=O)OCC(COc1ccc2cc(-c3ccc(CCCCC)cc3OC(F)(F)F)oc2c1)C(F)(F)F. The lowest BCUT2D eigenvalue weighted by Gasteiger charge is -2.20. The van der Waals surface area contributed by atoms with Gasteiger partial charge in [-0.15, -0.1) is 13.2 Å². The van der Waals surface area contributed by atoms with Gasteiger partial charge in [0.2, 0.25) is 0 Å². The summed E-state index contributed by atoms with van der Waals surface area (Å²) in [5.74, 6) is -3.34. The Morgan fingerprint density at radius 3 is 2.38 bits per heavy atom. The molecule has 1 atom stereocenters. The van der Waals surface area contributed by atoms with Crippen LogP contribution in [-0.2, 0) is 16.0 Å². The lowest BCUT2D eigenvalue weighted by atomic mass is 10.0. The number of fused-ring (bicyclic) bond motifs is 1. The van der Waals surface area contributed by atoms with Crippen molar-refractivity contribution in [3.63, 3.8) is 0 Å². The molecule has 0 saturated heterocycles. The molecule has 0 aliphatic rings. The van der Waals surface area contributed by atoms with Gasteiger partial charge in [0.05, 0.1) is 5.56 Å². The summed E-state index contributed by atoms with van der Waals surface area (Å²) in [6.07, 6.45) is -6.30. The van der Waals surface area contributed by atoms with Crippen molar-refractivity contribution in [2.24, 2.45) is 5.92 Å². The number of carbonyl (C=O) groups excluding carboxylic acids is 1. The summed E-state index contributed by atoms with van der Waals surface area (Å²) >= 11 is 0. The van der Waals surface area contributed by atoms with Crippen molar-refractivity contribution in [3.8, 4) is 22.8 Å². The molecule has 0 aliphatic carbocycles. The van der Waals surface area contributed by atoms with Gasteiger partial charge in [-0.25, -0.2) is 4.79 Å². The van der Waals surface area contributed by atoms with E-state index in [2.05, 4.69) is 16.1 Å². The number of rotatable bonds is 12. The van der Waals surface area contributed by atoms with E-state index in [-0.39, 0.29) is 28.2 Å². The van der Waals surface area contributed by atoms with Crippen LogP contribution in [0.25, 0.3) is 22.3 Å². The quantitative estimate of drug-likeness (QED) is 0.0967. The van der Waals surface area contributed by atoms with Crippen molar-refractivity contribution in [1.82, 2.24) is 0 Å². The molecular formula is C28H28F6O5. The maximum atomic E-state index is 13.4. The second-order valence-corrected chi connectivity index (χ2v) is 9.07. The first-order chi connectivity index (χ1) is 18.3. The van der Waals surface area contributed by atoms with Crippen molar-refractivity contribution in [2.45, 2.75) is 52.1 Å². The molecule has 1 heterocycles. The smallest absolute Gasteiger partial charge is 0.493 e. The van der Waals surface area contributed by atoms with Crippen LogP contribution in [0.1, 0.15) is 38.7 Å². The molecule has 0 saturated carbocycles. The molecule has 2 aromatic carbocycles. The summed E-state index contributed by atoms with van der Waals surface area (Å²) in [7, 11) is 0. The molecule has 11 heteroatoms. The minimum Gasteiger partial charge on any atom is -0.493 e. The summed E-state index contributed by atoms with van der Waals surface area (Å²) in [6, 6.07) is 10.3. The molecule has 0 radical (unpaired) electrons. The molecular weight excluding hydrogens is 530 g/mol. The van der Waals surface area contributed by atoms with Crippen molar-refractivity contribution in [1.29, 1.82) is 0 Å². The molecule has 0 amide bonds. The standard InChI is InChI=1S/C28H28F6O5/c1-4-5-6-7-18-8-11-22(25(12-18)39-28(32,33)34)24-13-19-9-10-21(14-23(19)38-24)36-15-20(27(29,30)31)16-37-26(35)17(2)3/h8-14,20H,2,4-7,15-16H2,1,3H3. The van der Waals surface area contributed by atoms with Crippen LogP contribution in [0, 0.1) is 5.92 Å². The topological polar surface area (TPSA) is 57.9 Å². The number of furan rings is 1. The highest BCUT2D eigenvalue weighted by Crippen LogP contribution is 2.38. The number of halogens is 6. The van der Waals surface area contributed by atoms with E-state index in [0.29, 0.717) is 17.4 Å². The van der Waals surface area contributed by atoms with Crippen molar-refractivity contribution in [2.75, 3.05) is 13.2 Å². The van der Waals surface area contributed by atoms with Gasteiger partial charge in [0.25, 0.3) is 0 Å². The molecule has 0 spiro atoms. The number of unbranched alkanes of at least 4 members (excludes halogenated alkanes) is 2. The molecule has 1 aromatic heterocycles. The van der Waals surface area contributed by atoms with Gasteiger partial charge in [-0.05, 0) is 55.7 Å². The second kappa shape index (κ2) is 12.5. The van der Waals surface area contributed by atoms with Crippen molar-refractivity contribution < 1.29 is 49.8 Å². The van der Waals surface area contributed by atoms with E-state index >= 15 is 0 Å². The average Bonchev–Trinajstić information content (AvgIpc) is 3.25. The van der Waals surface area contributed by atoms with Gasteiger partial charge in [-0.1, -0.05) is 32.4 Å². The molecule has 39 heavy (non-hydrogen) atoms. The maximum absolute atomic E-state index is 13.4. The Balaban J connectivity index is 1.82. The number of ether oxygens (including phenoxy) is 3. The summed E-state index contributed by atoms with van der Waals surface area (Å²) in [5.41, 5.74) is 0.906. The normalized spacial score (nSPS) is 12.8. The van der Waals surface area contributed by atoms with Crippen molar-refractivity contribution >= 4 is 16.9 Å². The lowest BCUT2D eigenvalue weighted by molar-refractivity contribution is -0.274. The number of hydrogen-bond acceptors (Lipinski definition) is 5. The van der Waals surface area contributed by atoms with E-state index in [9.17, 15) is 31.1 Å². The van der Waals surface area contributed by atoms with Crippen LogP contribution in [0.5, 0.6) is 11.5 Å². The average molecular weight is 559 g/mol. The third-order valence-corrected chi connectivity index (χ3v) is 5.78. The first kappa shape index (κ1) is 29.9. The minimum atomic E-state index is -4.92. The molecule has 5 nitrogen and oxygen atoms in total. The number of esters is 1. The monoisotopic (exact) mass is 558 g/mol. The maximum Gasteiger partial charge on any atom is 0.573 e. The molecule has 0 aliphatic heterocycles. The number of benzene rings is 2. The van der Waals surface area contributed by atoms with Crippen LogP contribution in [0.3, 0.4) is 0 Å². The zero-order valence-corrected chi connectivity index (χ0v) is 21.4. The lowest BCUT2D eigenvalue weighted by Crippen LogP contribution is -2.33. The Morgan fingerprint density at radius 2 is 1.74 bits per heavy atom. The minimum absolute atomic E-state index is 0.0296. The van der Waals surface area contributed by atoms with Crippen LogP contribution in [-0.4, -0.2) is 31.7 Å². The van der Waals surface area contributed by atoms with Gasteiger partial charge >= 0.3 is 18.5 Å². The highest BCUT2D eigenvalue weighted by Gasteiger charge is 2.41. The van der Waals surface area contributed by atoms with Gasteiger partial charge in [0, 0.05) is 17.0 Å². The van der Waals surface area contributed by atoms with Gasteiger partial charge in [-0.2, -0.15) is 13.2 Å². The molecule has 3 aromatic rings.